The highest BCUT2D eigenvalue weighted by Gasteiger charge is 2.05. The highest BCUT2D eigenvalue weighted by atomic mass is 16.6. The predicted octanol–water partition coefficient (Wildman–Crippen LogP) is 2.86. The fourth-order valence-electron chi connectivity index (χ4n) is 1.47. The molecule has 0 N–H and O–H groups in total. The average molecular weight is 242 g/mol. The Bertz CT molecular complexity index is 577. The first-order valence-electron chi connectivity index (χ1n) is 5.27. The first-order chi connectivity index (χ1) is 8.66. The number of benzene rings is 2. The number of hydrogen-bond donors (Lipinski definition) is 0. The summed E-state index contributed by atoms with van der Waals surface area (Å²) in [6.45, 7) is 0. The van der Waals surface area contributed by atoms with Gasteiger partial charge in [0.25, 0.3) is 5.69 Å². The number of nitro groups is 1. The Balaban J connectivity index is 2.25. The van der Waals surface area contributed by atoms with Crippen LogP contribution >= 0.6 is 0 Å². The van der Waals surface area contributed by atoms with E-state index in [2.05, 4.69) is 0 Å². The molecule has 0 aliphatic rings. The van der Waals surface area contributed by atoms with Crippen molar-refractivity contribution in [2.45, 2.75) is 0 Å². The number of hydrogen-bond acceptors (Lipinski definition) is 3. The van der Waals surface area contributed by atoms with Gasteiger partial charge >= 0.3 is 0 Å². The van der Waals surface area contributed by atoms with Crippen LogP contribution in [0.4, 0.5) is 11.4 Å². The zero-order valence-corrected chi connectivity index (χ0v) is 9.39. The van der Waals surface area contributed by atoms with E-state index in [-0.39, 0.29) is 5.69 Å². The minimum Gasteiger partial charge on any atom is -0.618 e. The Labute approximate surface area is 103 Å². The molecule has 0 spiro atoms. The molecule has 0 radical (unpaired) electrons. The number of nitro benzene ring substituents is 1. The molecule has 0 unspecified atom stereocenters. The Morgan fingerprint density at radius 1 is 0.833 bits per heavy atom. The lowest BCUT2D eigenvalue weighted by Gasteiger charge is -2.02. The molecule has 0 bridgehead atoms. The molecule has 0 saturated carbocycles. The van der Waals surface area contributed by atoms with Gasteiger partial charge in [-0.25, -0.2) is 0 Å². The van der Waals surface area contributed by atoms with Gasteiger partial charge in [-0.15, -0.1) is 0 Å². The van der Waals surface area contributed by atoms with Crippen molar-refractivity contribution in [1.29, 1.82) is 0 Å². The second kappa shape index (κ2) is 5.09. The van der Waals surface area contributed by atoms with Crippen LogP contribution in [-0.2, 0) is 0 Å². The molecule has 2 rings (SSSR count). The first kappa shape index (κ1) is 11.8. The molecule has 5 heteroatoms. The van der Waals surface area contributed by atoms with E-state index in [1.807, 2.05) is 6.07 Å². The lowest BCUT2D eigenvalue weighted by Crippen LogP contribution is -1.98. The second-order valence-electron chi connectivity index (χ2n) is 3.64. The maximum atomic E-state index is 11.8. The number of non-ortho nitro benzene ring substituents is 1. The van der Waals surface area contributed by atoms with Crippen LogP contribution in [0.1, 0.15) is 5.56 Å². The van der Waals surface area contributed by atoms with Crippen LogP contribution in [0.2, 0.25) is 0 Å². The van der Waals surface area contributed by atoms with Crippen LogP contribution in [0, 0.1) is 15.3 Å². The molecule has 0 aromatic heterocycles. The Hall–Kier alpha value is -2.69. The molecule has 0 saturated heterocycles. The monoisotopic (exact) mass is 242 g/mol. The van der Waals surface area contributed by atoms with Crippen LogP contribution in [-0.4, -0.2) is 15.9 Å². The highest BCUT2D eigenvalue weighted by Crippen LogP contribution is 2.12. The van der Waals surface area contributed by atoms with Crippen molar-refractivity contribution in [3.05, 3.63) is 75.5 Å². The highest BCUT2D eigenvalue weighted by molar-refractivity contribution is 5.77. The number of rotatable bonds is 3. The molecular weight excluding hydrogens is 232 g/mol. The SMILES string of the molecule is O=[N+]([O-])c1ccc(/C=[N+](/[O-])c2ccccc2)cc1. The van der Waals surface area contributed by atoms with Crippen molar-refractivity contribution < 1.29 is 9.66 Å². The van der Waals surface area contributed by atoms with E-state index >= 15 is 0 Å². The third-order valence-electron chi connectivity index (χ3n) is 2.38. The van der Waals surface area contributed by atoms with Crippen molar-refractivity contribution >= 4 is 17.6 Å². The van der Waals surface area contributed by atoms with E-state index in [0.717, 1.165) is 4.74 Å². The number of nitrogens with zero attached hydrogens (tertiary/aromatic N) is 2. The van der Waals surface area contributed by atoms with Crippen molar-refractivity contribution in [3.8, 4) is 0 Å². The molecule has 0 heterocycles. The third kappa shape index (κ3) is 2.70. The molecular formula is C13H10N2O3. The molecule has 2 aromatic rings. The van der Waals surface area contributed by atoms with Crippen molar-refractivity contribution in [1.82, 2.24) is 0 Å². The Kier molecular flexibility index (Phi) is 3.33. The van der Waals surface area contributed by atoms with Crippen LogP contribution in [0.3, 0.4) is 0 Å². The van der Waals surface area contributed by atoms with Crippen LogP contribution < -0.4 is 0 Å². The number of para-hydroxylation sites is 1. The van der Waals surface area contributed by atoms with Crippen LogP contribution in [0.25, 0.3) is 0 Å². The zero-order valence-electron chi connectivity index (χ0n) is 9.39. The van der Waals surface area contributed by atoms with Gasteiger partial charge in [0.05, 0.1) is 4.92 Å². The van der Waals surface area contributed by atoms with Crippen molar-refractivity contribution in [2.75, 3.05) is 0 Å². The summed E-state index contributed by atoms with van der Waals surface area (Å²) in [4.78, 5) is 10.0. The molecule has 0 atom stereocenters. The second-order valence-corrected chi connectivity index (χ2v) is 3.64. The largest absolute Gasteiger partial charge is 0.618 e. The van der Waals surface area contributed by atoms with Gasteiger partial charge in [-0.3, -0.25) is 10.1 Å². The Morgan fingerprint density at radius 2 is 1.44 bits per heavy atom. The quantitative estimate of drug-likeness (QED) is 0.273. The minimum atomic E-state index is -0.476. The molecule has 18 heavy (non-hydrogen) atoms. The van der Waals surface area contributed by atoms with E-state index in [9.17, 15) is 15.3 Å². The molecule has 0 fully saturated rings. The lowest BCUT2D eigenvalue weighted by molar-refractivity contribution is -0.384. The molecule has 0 aliphatic carbocycles. The van der Waals surface area contributed by atoms with E-state index in [1.165, 1.54) is 30.5 Å². The maximum absolute atomic E-state index is 11.8. The Morgan fingerprint density at radius 3 is 2.00 bits per heavy atom. The average Bonchev–Trinajstić information content (AvgIpc) is 2.40. The summed E-state index contributed by atoms with van der Waals surface area (Å²) >= 11 is 0. The van der Waals surface area contributed by atoms with Crippen LogP contribution in [0.15, 0.2) is 54.6 Å². The van der Waals surface area contributed by atoms with Gasteiger partial charge < -0.3 is 5.21 Å². The standard InChI is InChI=1S/C13H10N2O3/c16-14(12-4-2-1-3-5-12)10-11-6-8-13(9-7-11)15(17)18/h1-10H/b14-10+. The van der Waals surface area contributed by atoms with Crippen molar-refractivity contribution in [3.63, 3.8) is 0 Å². The van der Waals surface area contributed by atoms with Crippen LogP contribution in [0.5, 0.6) is 0 Å². The van der Waals surface area contributed by atoms with E-state index in [4.69, 9.17) is 0 Å². The summed E-state index contributed by atoms with van der Waals surface area (Å²) in [5, 5.41) is 22.2. The van der Waals surface area contributed by atoms with Gasteiger partial charge in [0.2, 0.25) is 5.69 Å². The fraction of sp³-hybridized carbons (Fsp3) is 0. The maximum Gasteiger partial charge on any atom is 0.269 e. The van der Waals surface area contributed by atoms with Gasteiger partial charge in [0.1, 0.15) is 0 Å². The molecule has 0 amide bonds. The zero-order chi connectivity index (χ0) is 13.0. The molecule has 0 aliphatic heterocycles. The molecule has 90 valence electrons. The summed E-state index contributed by atoms with van der Waals surface area (Å²) in [6.07, 6.45) is 1.37. The van der Waals surface area contributed by atoms with Gasteiger partial charge in [-0.05, 0) is 12.1 Å². The van der Waals surface area contributed by atoms with Crippen molar-refractivity contribution in [2.24, 2.45) is 0 Å². The first-order valence-corrected chi connectivity index (χ1v) is 5.27. The van der Waals surface area contributed by atoms with E-state index in [0.29, 0.717) is 11.3 Å². The summed E-state index contributed by atoms with van der Waals surface area (Å²) in [7, 11) is 0. The predicted molar refractivity (Wildman–Crippen MR) is 68.0 cm³/mol. The summed E-state index contributed by atoms with van der Waals surface area (Å²) < 4.78 is 0.723. The summed E-state index contributed by atoms with van der Waals surface area (Å²) in [6, 6.07) is 14.5. The summed E-state index contributed by atoms with van der Waals surface area (Å²) in [5.74, 6) is 0. The minimum absolute atomic E-state index is 0.00399. The lowest BCUT2D eigenvalue weighted by atomic mass is 10.2. The molecule has 2 aromatic carbocycles. The third-order valence-corrected chi connectivity index (χ3v) is 2.38. The normalized spacial score (nSPS) is 11.2. The van der Waals surface area contributed by atoms with Gasteiger partial charge in [0, 0.05) is 29.8 Å². The smallest absolute Gasteiger partial charge is 0.269 e. The van der Waals surface area contributed by atoms with E-state index < -0.39 is 4.92 Å². The fourth-order valence-corrected chi connectivity index (χ4v) is 1.47. The molecule has 5 nitrogen and oxygen atoms in total. The summed E-state index contributed by atoms with van der Waals surface area (Å²) in [5.41, 5.74) is 1.12. The van der Waals surface area contributed by atoms with Gasteiger partial charge in [0.15, 0.2) is 6.21 Å². The topological polar surface area (TPSA) is 69.2 Å². The van der Waals surface area contributed by atoms with Gasteiger partial charge in [-0.1, -0.05) is 18.2 Å². The van der Waals surface area contributed by atoms with E-state index in [1.54, 1.807) is 24.3 Å². The van der Waals surface area contributed by atoms with Gasteiger partial charge in [-0.2, -0.15) is 4.74 Å².